The van der Waals surface area contributed by atoms with Gasteiger partial charge in [-0.15, -0.1) is 0 Å². The summed E-state index contributed by atoms with van der Waals surface area (Å²) in [4.78, 5) is 15.8. The molecule has 1 atom stereocenters. The van der Waals surface area contributed by atoms with E-state index in [1.807, 2.05) is 13.8 Å². The van der Waals surface area contributed by atoms with E-state index in [0.29, 0.717) is 18.9 Å². The third-order valence-electron chi connectivity index (χ3n) is 4.15. The van der Waals surface area contributed by atoms with Crippen molar-refractivity contribution in [1.29, 1.82) is 0 Å². The summed E-state index contributed by atoms with van der Waals surface area (Å²) in [6, 6.07) is 1.27. The first-order valence-electron chi connectivity index (χ1n) is 7.41. The molecule has 0 aromatic carbocycles. The van der Waals surface area contributed by atoms with E-state index < -0.39 is 11.6 Å². The van der Waals surface area contributed by atoms with E-state index in [1.54, 1.807) is 13.0 Å². The third kappa shape index (κ3) is 3.21. The third-order valence-corrected chi connectivity index (χ3v) is 4.15. The van der Waals surface area contributed by atoms with Crippen molar-refractivity contribution in [1.82, 2.24) is 10.3 Å². The van der Waals surface area contributed by atoms with Crippen molar-refractivity contribution < 1.29 is 13.9 Å². The lowest BCUT2D eigenvalue weighted by atomic mass is 9.90. The minimum absolute atomic E-state index is 0.210. The van der Waals surface area contributed by atoms with E-state index >= 15 is 0 Å². The predicted octanol–water partition coefficient (Wildman–Crippen LogP) is 2.08. The van der Waals surface area contributed by atoms with Gasteiger partial charge < -0.3 is 15.8 Å². The number of carbonyl (C=O) groups excluding carboxylic acids is 1. The molecule has 0 bridgehead atoms. The van der Waals surface area contributed by atoms with Crippen LogP contribution in [-0.4, -0.2) is 29.2 Å². The zero-order valence-corrected chi connectivity index (χ0v) is 13.8. The van der Waals surface area contributed by atoms with Crippen molar-refractivity contribution in [2.45, 2.75) is 58.3 Å². The molecular formula is C16H24FN3O2. The number of primary amides is 1. The number of rotatable bonds is 5. The Morgan fingerprint density at radius 3 is 2.77 bits per heavy atom. The van der Waals surface area contributed by atoms with Gasteiger partial charge in [0.25, 0.3) is 5.91 Å². The van der Waals surface area contributed by atoms with Gasteiger partial charge >= 0.3 is 0 Å². The fourth-order valence-corrected chi connectivity index (χ4v) is 2.29. The number of aromatic nitrogens is 1. The highest BCUT2D eigenvalue weighted by molar-refractivity contribution is 5.91. The number of alkyl halides is 1. The number of nitrogens with two attached hydrogens (primary N) is 1. The van der Waals surface area contributed by atoms with E-state index in [-0.39, 0.29) is 17.2 Å². The molecule has 1 aliphatic heterocycles. The zero-order chi connectivity index (χ0) is 16.7. The van der Waals surface area contributed by atoms with Crippen molar-refractivity contribution in [3.63, 3.8) is 0 Å². The van der Waals surface area contributed by atoms with Gasteiger partial charge in [-0.25, -0.2) is 9.37 Å². The fourth-order valence-electron chi connectivity index (χ4n) is 2.29. The molecule has 0 spiro atoms. The van der Waals surface area contributed by atoms with Crippen LogP contribution in [0.15, 0.2) is 6.07 Å². The SMILES string of the molecule is C[C@H](NCc1cc(C(N)=O)nc2c1OCC2(C)C)C(C)(C)F. The number of pyridine rings is 1. The lowest BCUT2D eigenvalue weighted by Gasteiger charge is -2.24. The Labute approximate surface area is 130 Å². The molecule has 5 nitrogen and oxygen atoms in total. The summed E-state index contributed by atoms with van der Waals surface area (Å²) >= 11 is 0. The normalized spacial score (nSPS) is 17.7. The summed E-state index contributed by atoms with van der Waals surface area (Å²) in [7, 11) is 0. The molecule has 0 aliphatic carbocycles. The second-order valence-corrected chi connectivity index (χ2v) is 7.05. The van der Waals surface area contributed by atoms with Crippen LogP contribution in [0.5, 0.6) is 5.75 Å². The first-order chi connectivity index (χ1) is 10.0. The quantitative estimate of drug-likeness (QED) is 0.873. The molecule has 0 radical (unpaired) electrons. The second-order valence-electron chi connectivity index (χ2n) is 7.05. The summed E-state index contributed by atoms with van der Waals surface area (Å²) in [5, 5.41) is 3.13. The lowest BCUT2D eigenvalue weighted by Crippen LogP contribution is -2.41. The highest BCUT2D eigenvalue weighted by atomic mass is 19.1. The maximum Gasteiger partial charge on any atom is 0.267 e. The first kappa shape index (κ1) is 16.7. The Balaban J connectivity index is 2.34. The average molecular weight is 309 g/mol. The molecule has 0 saturated carbocycles. The molecule has 3 N–H and O–H groups in total. The molecule has 122 valence electrons. The number of hydrogen-bond donors (Lipinski definition) is 2. The maximum absolute atomic E-state index is 13.9. The molecule has 0 saturated heterocycles. The van der Waals surface area contributed by atoms with Crippen LogP contribution in [0.2, 0.25) is 0 Å². The number of halogens is 1. The van der Waals surface area contributed by atoms with Gasteiger partial charge in [0.1, 0.15) is 17.1 Å². The number of hydrogen-bond acceptors (Lipinski definition) is 4. The standard InChI is InChI=1S/C16H24FN3O2/c1-9(16(4,5)17)19-7-10-6-11(14(18)21)20-13-12(10)22-8-15(13,2)3/h6,9,19H,7-8H2,1-5H3,(H2,18,21)/t9-/m0/s1. The Hall–Kier alpha value is -1.69. The van der Waals surface area contributed by atoms with E-state index in [0.717, 1.165) is 11.3 Å². The van der Waals surface area contributed by atoms with Crippen LogP contribution in [0.4, 0.5) is 4.39 Å². The molecule has 2 rings (SSSR count). The van der Waals surface area contributed by atoms with E-state index in [1.165, 1.54) is 13.8 Å². The van der Waals surface area contributed by atoms with Crippen molar-refractivity contribution in [3.05, 3.63) is 23.0 Å². The van der Waals surface area contributed by atoms with Crippen molar-refractivity contribution in [2.75, 3.05) is 6.61 Å². The van der Waals surface area contributed by atoms with E-state index in [2.05, 4.69) is 10.3 Å². The summed E-state index contributed by atoms with van der Waals surface area (Å²) in [6.45, 7) is 9.71. The van der Waals surface area contributed by atoms with Gasteiger partial charge in [-0.1, -0.05) is 13.8 Å². The Bertz CT molecular complexity index is 594. The number of amides is 1. The number of nitrogens with one attached hydrogen (secondary N) is 1. The molecule has 1 aromatic heterocycles. The van der Waals surface area contributed by atoms with Crippen LogP contribution in [0, 0.1) is 0 Å². The summed E-state index contributed by atoms with van der Waals surface area (Å²) in [6.07, 6.45) is 0. The van der Waals surface area contributed by atoms with Crippen LogP contribution >= 0.6 is 0 Å². The van der Waals surface area contributed by atoms with Crippen LogP contribution in [0.3, 0.4) is 0 Å². The van der Waals surface area contributed by atoms with Crippen LogP contribution in [0.25, 0.3) is 0 Å². The molecular weight excluding hydrogens is 285 g/mol. The van der Waals surface area contributed by atoms with Gasteiger partial charge in [-0.05, 0) is 26.8 Å². The Morgan fingerprint density at radius 1 is 1.59 bits per heavy atom. The van der Waals surface area contributed by atoms with Crippen molar-refractivity contribution in [3.8, 4) is 5.75 Å². The summed E-state index contributed by atoms with van der Waals surface area (Å²) < 4.78 is 19.7. The topological polar surface area (TPSA) is 77.2 Å². The van der Waals surface area contributed by atoms with Gasteiger partial charge in [-0.3, -0.25) is 4.79 Å². The first-order valence-corrected chi connectivity index (χ1v) is 7.41. The average Bonchev–Trinajstić information content (AvgIpc) is 2.70. The van der Waals surface area contributed by atoms with Gasteiger partial charge in [0, 0.05) is 23.6 Å². The van der Waals surface area contributed by atoms with Gasteiger partial charge in [-0.2, -0.15) is 0 Å². The highest BCUT2D eigenvalue weighted by Gasteiger charge is 2.36. The van der Waals surface area contributed by atoms with E-state index in [4.69, 9.17) is 10.5 Å². The second kappa shape index (κ2) is 5.50. The molecule has 0 fully saturated rings. The molecule has 1 aliphatic rings. The number of carbonyl (C=O) groups is 1. The van der Waals surface area contributed by atoms with Crippen LogP contribution < -0.4 is 15.8 Å². The maximum atomic E-state index is 13.9. The van der Waals surface area contributed by atoms with E-state index in [9.17, 15) is 9.18 Å². The monoisotopic (exact) mass is 309 g/mol. The zero-order valence-electron chi connectivity index (χ0n) is 13.8. The van der Waals surface area contributed by atoms with Crippen LogP contribution in [0.1, 0.15) is 56.4 Å². The molecule has 1 aromatic rings. The fraction of sp³-hybridized carbons (Fsp3) is 0.625. The number of ether oxygens (including phenoxy) is 1. The summed E-state index contributed by atoms with van der Waals surface area (Å²) in [5.41, 5.74) is 5.46. The minimum Gasteiger partial charge on any atom is -0.490 e. The molecule has 1 amide bonds. The van der Waals surface area contributed by atoms with Crippen molar-refractivity contribution >= 4 is 5.91 Å². The molecule has 0 unspecified atom stereocenters. The highest BCUT2D eigenvalue weighted by Crippen LogP contribution is 2.39. The van der Waals surface area contributed by atoms with Gasteiger partial charge in [0.15, 0.2) is 0 Å². The molecule has 2 heterocycles. The Morgan fingerprint density at radius 2 is 2.23 bits per heavy atom. The lowest BCUT2D eigenvalue weighted by molar-refractivity contribution is 0.0995. The smallest absolute Gasteiger partial charge is 0.267 e. The van der Waals surface area contributed by atoms with Gasteiger partial charge in [0.2, 0.25) is 0 Å². The van der Waals surface area contributed by atoms with Gasteiger partial charge in [0.05, 0.1) is 12.3 Å². The number of fused-ring (bicyclic) bond motifs is 1. The van der Waals surface area contributed by atoms with Crippen LogP contribution in [-0.2, 0) is 12.0 Å². The summed E-state index contributed by atoms with van der Waals surface area (Å²) in [5.74, 6) is 0.0944. The molecule has 6 heteroatoms. The number of nitrogens with zero attached hydrogens (tertiary/aromatic N) is 1. The van der Waals surface area contributed by atoms with Crippen molar-refractivity contribution in [2.24, 2.45) is 5.73 Å². The Kier molecular flexibility index (Phi) is 4.17. The largest absolute Gasteiger partial charge is 0.490 e. The predicted molar refractivity (Wildman–Crippen MR) is 82.8 cm³/mol. The minimum atomic E-state index is -1.34. The molecule has 22 heavy (non-hydrogen) atoms.